The number of methoxy groups -OCH3 is 2. The second-order valence-corrected chi connectivity index (χ2v) is 7.22. The standard InChI is InChI=1S/C23H25N3O4/c1-28-20-11-4-3-8-16(20)14-17-15-25-22(30-17)19-10-5-6-13-26(19)23(27)18-9-7-12-24-21(18)29-2/h3-4,7-9,11-12,15,19H,5-6,10,13-14H2,1-2H3/t19-/m0/s1. The van der Waals surface area contributed by atoms with Crippen LogP contribution in [0.2, 0.25) is 0 Å². The third-order valence-electron chi connectivity index (χ3n) is 5.37. The number of hydrogen-bond donors (Lipinski definition) is 0. The maximum Gasteiger partial charge on any atom is 0.260 e. The molecule has 0 bridgehead atoms. The predicted octanol–water partition coefficient (Wildman–Crippen LogP) is 4.05. The van der Waals surface area contributed by atoms with E-state index in [-0.39, 0.29) is 11.9 Å². The number of ether oxygens (including phenoxy) is 2. The van der Waals surface area contributed by atoms with E-state index in [0.717, 1.165) is 36.3 Å². The van der Waals surface area contributed by atoms with Crippen LogP contribution < -0.4 is 9.47 Å². The lowest BCUT2D eigenvalue weighted by atomic mass is 10.0. The van der Waals surface area contributed by atoms with E-state index in [1.807, 2.05) is 29.2 Å². The third kappa shape index (κ3) is 4.01. The molecule has 1 saturated heterocycles. The SMILES string of the molecule is COc1ccccc1Cc1cnc([C@@H]2CCCCN2C(=O)c2cccnc2OC)o1. The molecule has 4 rings (SSSR count). The van der Waals surface area contributed by atoms with Gasteiger partial charge in [-0.1, -0.05) is 18.2 Å². The van der Waals surface area contributed by atoms with Crippen LogP contribution in [0.3, 0.4) is 0 Å². The van der Waals surface area contributed by atoms with Crippen LogP contribution in [0.5, 0.6) is 11.6 Å². The largest absolute Gasteiger partial charge is 0.496 e. The zero-order valence-electron chi connectivity index (χ0n) is 17.2. The molecule has 156 valence electrons. The summed E-state index contributed by atoms with van der Waals surface area (Å²) in [6.07, 6.45) is 6.70. The van der Waals surface area contributed by atoms with Gasteiger partial charge in [-0.25, -0.2) is 9.97 Å². The van der Waals surface area contributed by atoms with Gasteiger partial charge in [0.15, 0.2) is 0 Å². The van der Waals surface area contributed by atoms with Gasteiger partial charge in [-0.2, -0.15) is 0 Å². The first-order valence-corrected chi connectivity index (χ1v) is 10.1. The van der Waals surface area contributed by atoms with Crippen LogP contribution in [0, 0.1) is 0 Å². The Morgan fingerprint density at radius 3 is 2.83 bits per heavy atom. The number of nitrogens with zero attached hydrogens (tertiary/aromatic N) is 3. The molecule has 0 saturated carbocycles. The minimum atomic E-state index is -0.206. The summed E-state index contributed by atoms with van der Waals surface area (Å²) in [4.78, 5) is 23.8. The second kappa shape index (κ2) is 8.98. The highest BCUT2D eigenvalue weighted by Gasteiger charge is 2.33. The van der Waals surface area contributed by atoms with Crippen LogP contribution in [-0.4, -0.2) is 41.5 Å². The highest BCUT2D eigenvalue weighted by molar-refractivity contribution is 5.96. The van der Waals surface area contributed by atoms with Gasteiger partial charge in [0.25, 0.3) is 5.91 Å². The summed E-state index contributed by atoms with van der Waals surface area (Å²) in [5, 5.41) is 0. The zero-order chi connectivity index (χ0) is 20.9. The van der Waals surface area contributed by atoms with Crippen LogP contribution in [0.1, 0.15) is 52.9 Å². The Morgan fingerprint density at radius 1 is 1.13 bits per heavy atom. The molecular weight excluding hydrogens is 382 g/mol. The van der Waals surface area contributed by atoms with Crippen molar-refractivity contribution in [3.05, 3.63) is 71.6 Å². The van der Waals surface area contributed by atoms with E-state index in [4.69, 9.17) is 13.9 Å². The molecule has 7 heteroatoms. The molecule has 2 aromatic heterocycles. The van der Waals surface area contributed by atoms with Gasteiger partial charge in [0, 0.05) is 24.7 Å². The lowest BCUT2D eigenvalue weighted by molar-refractivity contribution is 0.0566. The molecule has 1 fully saturated rings. The topological polar surface area (TPSA) is 77.7 Å². The fourth-order valence-corrected chi connectivity index (χ4v) is 3.90. The van der Waals surface area contributed by atoms with Gasteiger partial charge in [-0.15, -0.1) is 0 Å². The summed E-state index contributed by atoms with van der Waals surface area (Å²) < 4.78 is 16.8. The van der Waals surface area contributed by atoms with Crippen LogP contribution >= 0.6 is 0 Å². The maximum absolute atomic E-state index is 13.3. The van der Waals surface area contributed by atoms with E-state index in [1.54, 1.807) is 31.6 Å². The number of hydrogen-bond acceptors (Lipinski definition) is 6. The second-order valence-electron chi connectivity index (χ2n) is 7.22. The van der Waals surface area contributed by atoms with E-state index in [2.05, 4.69) is 9.97 Å². The van der Waals surface area contributed by atoms with Gasteiger partial charge >= 0.3 is 0 Å². The van der Waals surface area contributed by atoms with Crippen LogP contribution in [-0.2, 0) is 6.42 Å². The highest BCUT2D eigenvalue weighted by atomic mass is 16.5. The lowest BCUT2D eigenvalue weighted by Crippen LogP contribution is -2.38. The number of carbonyl (C=O) groups is 1. The molecule has 3 aromatic rings. The Hall–Kier alpha value is -3.35. The molecule has 1 aliphatic heterocycles. The molecule has 0 spiro atoms. The fourth-order valence-electron chi connectivity index (χ4n) is 3.90. The summed E-state index contributed by atoms with van der Waals surface area (Å²) in [6.45, 7) is 0.645. The van der Waals surface area contributed by atoms with Crippen molar-refractivity contribution in [1.82, 2.24) is 14.9 Å². The molecule has 0 unspecified atom stereocenters. The molecule has 1 aromatic carbocycles. The number of oxazole rings is 1. The molecule has 30 heavy (non-hydrogen) atoms. The molecule has 7 nitrogen and oxygen atoms in total. The molecule has 0 aliphatic carbocycles. The van der Waals surface area contributed by atoms with Crippen molar-refractivity contribution in [1.29, 1.82) is 0 Å². The van der Waals surface area contributed by atoms with Gasteiger partial charge in [0.05, 0.1) is 20.4 Å². The Labute approximate surface area is 175 Å². The zero-order valence-corrected chi connectivity index (χ0v) is 17.2. The first-order valence-electron chi connectivity index (χ1n) is 10.1. The number of aromatic nitrogens is 2. The predicted molar refractivity (Wildman–Crippen MR) is 111 cm³/mol. The highest BCUT2D eigenvalue weighted by Crippen LogP contribution is 2.33. The minimum Gasteiger partial charge on any atom is -0.496 e. The first kappa shape index (κ1) is 19.9. The van der Waals surface area contributed by atoms with Gasteiger partial charge in [-0.3, -0.25) is 4.79 Å². The number of para-hydroxylation sites is 1. The summed E-state index contributed by atoms with van der Waals surface area (Å²) in [6, 6.07) is 11.1. The Balaban J connectivity index is 1.57. The van der Waals surface area contributed by atoms with Crippen LogP contribution in [0.25, 0.3) is 0 Å². The normalized spacial score (nSPS) is 16.3. The van der Waals surface area contributed by atoms with Crippen molar-refractivity contribution >= 4 is 5.91 Å². The molecule has 0 radical (unpaired) electrons. The van der Waals surface area contributed by atoms with E-state index < -0.39 is 0 Å². The number of carbonyl (C=O) groups excluding carboxylic acids is 1. The number of benzene rings is 1. The van der Waals surface area contributed by atoms with E-state index in [9.17, 15) is 4.79 Å². The number of rotatable bonds is 6. The molecule has 1 aliphatic rings. The average Bonchev–Trinajstić information content (AvgIpc) is 3.27. The molecule has 3 heterocycles. The monoisotopic (exact) mass is 407 g/mol. The number of pyridine rings is 1. The van der Waals surface area contributed by atoms with Crippen molar-refractivity contribution in [2.45, 2.75) is 31.7 Å². The van der Waals surface area contributed by atoms with E-state index >= 15 is 0 Å². The number of likely N-dealkylation sites (tertiary alicyclic amines) is 1. The molecule has 1 amide bonds. The van der Waals surface area contributed by atoms with Crippen molar-refractivity contribution in [2.24, 2.45) is 0 Å². The number of amides is 1. The van der Waals surface area contributed by atoms with Crippen molar-refractivity contribution in [3.63, 3.8) is 0 Å². The fraction of sp³-hybridized carbons (Fsp3) is 0.348. The van der Waals surface area contributed by atoms with Gasteiger partial charge in [0.1, 0.15) is 23.1 Å². The van der Waals surface area contributed by atoms with Crippen molar-refractivity contribution < 1.29 is 18.7 Å². The summed E-state index contributed by atoms with van der Waals surface area (Å²) in [5.74, 6) is 2.33. The maximum atomic E-state index is 13.3. The number of piperidine rings is 1. The summed E-state index contributed by atoms with van der Waals surface area (Å²) in [7, 11) is 3.17. The van der Waals surface area contributed by atoms with Crippen LogP contribution in [0.15, 0.2) is 53.2 Å². The quantitative estimate of drug-likeness (QED) is 0.614. The summed E-state index contributed by atoms with van der Waals surface area (Å²) >= 11 is 0. The van der Waals surface area contributed by atoms with Gasteiger partial charge < -0.3 is 18.8 Å². The average molecular weight is 407 g/mol. The van der Waals surface area contributed by atoms with E-state index in [1.165, 1.54) is 7.11 Å². The van der Waals surface area contributed by atoms with Gasteiger partial charge in [-0.05, 0) is 37.5 Å². The van der Waals surface area contributed by atoms with E-state index in [0.29, 0.717) is 30.3 Å². The third-order valence-corrected chi connectivity index (χ3v) is 5.37. The Morgan fingerprint density at radius 2 is 2.00 bits per heavy atom. The van der Waals surface area contributed by atoms with Crippen molar-refractivity contribution in [3.8, 4) is 11.6 Å². The molecule has 0 N–H and O–H groups in total. The van der Waals surface area contributed by atoms with Crippen LogP contribution in [0.4, 0.5) is 0 Å². The molecule has 1 atom stereocenters. The molecular formula is C23H25N3O4. The lowest BCUT2D eigenvalue weighted by Gasteiger charge is -2.34. The first-order chi connectivity index (χ1) is 14.7. The Bertz CT molecular complexity index is 1020. The summed E-state index contributed by atoms with van der Waals surface area (Å²) in [5.41, 5.74) is 1.48. The Kier molecular flexibility index (Phi) is 5.97. The van der Waals surface area contributed by atoms with Crippen molar-refractivity contribution in [2.75, 3.05) is 20.8 Å². The van der Waals surface area contributed by atoms with Gasteiger partial charge in [0.2, 0.25) is 11.8 Å². The smallest absolute Gasteiger partial charge is 0.260 e. The minimum absolute atomic E-state index is 0.117.